The predicted molar refractivity (Wildman–Crippen MR) is 109 cm³/mol. The lowest BCUT2D eigenvalue weighted by molar-refractivity contribution is -0.162. The molecule has 3 aliphatic rings. The minimum absolute atomic E-state index is 0.0116. The van der Waals surface area contributed by atoms with Crippen molar-refractivity contribution in [3.8, 4) is 5.75 Å². The molecule has 0 atom stereocenters. The third-order valence-electron chi connectivity index (χ3n) is 6.03. The highest BCUT2D eigenvalue weighted by atomic mass is 35.5. The van der Waals surface area contributed by atoms with Gasteiger partial charge in [-0.2, -0.15) is 0 Å². The van der Waals surface area contributed by atoms with Gasteiger partial charge in [0.15, 0.2) is 11.5 Å². The van der Waals surface area contributed by atoms with E-state index in [-0.39, 0.29) is 40.0 Å². The molecule has 2 bridgehead atoms. The SMILES string of the molecule is O=C(COc1ccc(Cl)c(F)c1)CC12CC(NC(=O)c3cc4ccccc4o3)(C1)C2. The number of amides is 1. The molecule has 7 heteroatoms. The number of rotatable bonds is 7. The second-order valence-corrected chi connectivity index (χ2v) is 8.90. The molecule has 0 spiro atoms. The van der Waals surface area contributed by atoms with Crippen LogP contribution >= 0.6 is 11.6 Å². The second kappa shape index (κ2) is 6.84. The number of furan rings is 1. The number of ether oxygens (including phenoxy) is 1. The monoisotopic (exact) mass is 427 g/mol. The van der Waals surface area contributed by atoms with Crippen molar-refractivity contribution in [3.63, 3.8) is 0 Å². The van der Waals surface area contributed by atoms with Crippen LogP contribution in [0.4, 0.5) is 4.39 Å². The van der Waals surface area contributed by atoms with Crippen molar-refractivity contribution in [3.05, 3.63) is 65.1 Å². The van der Waals surface area contributed by atoms with Crippen LogP contribution in [0.25, 0.3) is 11.0 Å². The summed E-state index contributed by atoms with van der Waals surface area (Å²) in [5, 5.41) is 3.98. The van der Waals surface area contributed by atoms with Gasteiger partial charge in [0.05, 0.1) is 5.02 Å². The van der Waals surface area contributed by atoms with Crippen molar-refractivity contribution < 1.29 is 23.1 Å². The van der Waals surface area contributed by atoms with Crippen LogP contribution in [0.1, 0.15) is 36.2 Å². The molecule has 0 unspecified atom stereocenters. The van der Waals surface area contributed by atoms with E-state index in [1.165, 1.54) is 18.2 Å². The molecule has 30 heavy (non-hydrogen) atoms. The first-order chi connectivity index (χ1) is 14.4. The fourth-order valence-corrected chi connectivity index (χ4v) is 5.03. The van der Waals surface area contributed by atoms with E-state index in [2.05, 4.69) is 5.32 Å². The Morgan fingerprint density at radius 1 is 1.13 bits per heavy atom. The molecule has 5 nitrogen and oxygen atoms in total. The number of para-hydroxylation sites is 1. The Morgan fingerprint density at radius 2 is 1.90 bits per heavy atom. The summed E-state index contributed by atoms with van der Waals surface area (Å²) in [7, 11) is 0. The molecule has 154 valence electrons. The number of Topliss-reactive ketones (excluding diaryl/α,β-unsaturated/α-hetero) is 1. The summed E-state index contributed by atoms with van der Waals surface area (Å²) < 4.78 is 24.4. The van der Waals surface area contributed by atoms with Crippen LogP contribution in [0.2, 0.25) is 5.02 Å². The Morgan fingerprint density at radius 3 is 2.63 bits per heavy atom. The lowest BCUT2D eigenvalue weighted by Crippen LogP contribution is -2.75. The van der Waals surface area contributed by atoms with Crippen LogP contribution in [-0.4, -0.2) is 23.8 Å². The summed E-state index contributed by atoms with van der Waals surface area (Å²) >= 11 is 5.64. The molecule has 1 N–H and O–H groups in total. The van der Waals surface area contributed by atoms with Crippen molar-refractivity contribution in [1.29, 1.82) is 0 Å². The summed E-state index contributed by atoms with van der Waals surface area (Å²) in [6.45, 7) is -0.110. The molecule has 3 fully saturated rings. The number of nitrogens with one attached hydrogen (secondary N) is 1. The first kappa shape index (κ1) is 19.1. The van der Waals surface area contributed by atoms with Gasteiger partial charge in [-0.3, -0.25) is 9.59 Å². The van der Waals surface area contributed by atoms with E-state index in [1.807, 2.05) is 24.3 Å². The Bertz CT molecular complexity index is 1120. The van der Waals surface area contributed by atoms with Gasteiger partial charge in [-0.15, -0.1) is 0 Å². The van der Waals surface area contributed by atoms with E-state index in [9.17, 15) is 14.0 Å². The number of ketones is 1. The normalized spacial score (nSPS) is 24.1. The largest absolute Gasteiger partial charge is 0.486 e. The fraction of sp³-hybridized carbons (Fsp3) is 0.304. The number of benzene rings is 2. The molecule has 3 aliphatic carbocycles. The molecule has 0 saturated heterocycles. The predicted octanol–water partition coefficient (Wildman–Crippen LogP) is 4.92. The molecule has 3 aromatic rings. The van der Waals surface area contributed by atoms with Crippen molar-refractivity contribution in [2.24, 2.45) is 5.41 Å². The Hall–Kier alpha value is -2.86. The summed E-state index contributed by atoms with van der Waals surface area (Å²) in [5.41, 5.74) is 0.381. The molecule has 1 amide bonds. The van der Waals surface area contributed by atoms with Crippen LogP contribution in [0.3, 0.4) is 0 Å². The van der Waals surface area contributed by atoms with E-state index in [0.717, 1.165) is 24.6 Å². The van der Waals surface area contributed by atoms with Gasteiger partial charge in [-0.05, 0) is 48.9 Å². The van der Waals surface area contributed by atoms with Crippen LogP contribution in [0.5, 0.6) is 5.75 Å². The molecular weight excluding hydrogens is 409 g/mol. The number of fused-ring (bicyclic) bond motifs is 1. The summed E-state index contributed by atoms with van der Waals surface area (Å²) in [4.78, 5) is 24.9. The van der Waals surface area contributed by atoms with Gasteiger partial charge < -0.3 is 14.5 Å². The molecule has 3 saturated carbocycles. The minimum Gasteiger partial charge on any atom is -0.486 e. The molecule has 1 aromatic heterocycles. The van der Waals surface area contributed by atoms with Gasteiger partial charge in [0.1, 0.15) is 23.8 Å². The number of halogens is 2. The third kappa shape index (κ3) is 3.35. The number of carbonyl (C=O) groups excluding carboxylic acids is 2. The summed E-state index contributed by atoms with van der Waals surface area (Å²) in [6.07, 6.45) is 2.71. The minimum atomic E-state index is -0.580. The number of hydrogen-bond donors (Lipinski definition) is 1. The van der Waals surface area contributed by atoms with Crippen molar-refractivity contribution in [1.82, 2.24) is 5.32 Å². The zero-order chi connectivity index (χ0) is 20.9. The van der Waals surface area contributed by atoms with Crippen molar-refractivity contribution >= 4 is 34.3 Å². The lowest BCUT2D eigenvalue weighted by atomic mass is 9.38. The maximum atomic E-state index is 13.4. The maximum absolute atomic E-state index is 13.4. The van der Waals surface area contributed by atoms with Gasteiger partial charge in [0, 0.05) is 23.4 Å². The summed E-state index contributed by atoms with van der Waals surface area (Å²) in [5.74, 6) is -0.267. The van der Waals surface area contributed by atoms with E-state index in [4.69, 9.17) is 20.8 Å². The quantitative estimate of drug-likeness (QED) is 0.581. The molecule has 2 aromatic carbocycles. The zero-order valence-corrected chi connectivity index (χ0v) is 16.8. The topological polar surface area (TPSA) is 68.5 Å². The molecule has 1 heterocycles. The Labute approximate surface area is 177 Å². The molecule has 0 aliphatic heterocycles. The second-order valence-electron chi connectivity index (χ2n) is 8.49. The zero-order valence-electron chi connectivity index (χ0n) is 16.0. The first-order valence-corrected chi connectivity index (χ1v) is 10.1. The first-order valence-electron chi connectivity index (χ1n) is 9.76. The van der Waals surface area contributed by atoms with Gasteiger partial charge >= 0.3 is 0 Å². The van der Waals surface area contributed by atoms with E-state index >= 15 is 0 Å². The summed E-state index contributed by atoms with van der Waals surface area (Å²) in [6, 6.07) is 13.3. The molecule has 0 radical (unpaired) electrons. The highest BCUT2D eigenvalue weighted by Gasteiger charge is 2.68. The Balaban J connectivity index is 1.12. The van der Waals surface area contributed by atoms with Crippen LogP contribution in [0, 0.1) is 11.2 Å². The van der Waals surface area contributed by atoms with Crippen LogP contribution < -0.4 is 10.1 Å². The standard InChI is InChI=1S/C23H19ClFNO4/c24-17-6-5-16(8-18(17)25)29-10-15(27)9-22-11-23(12-22,13-22)26-21(28)20-7-14-3-1-2-4-19(14)30-20/h1-8H,9-13H2,(H,26,28). The van der Waals surface area contributed by atoms with Gasteiger partial charge in [0.25, 0.3) is 5.91 Å². The highest BCUT2D eigenvalue weighted by molar-refractivity contribution is 6.30. The highest BCUT2D eigenvalue weighted by Crippen LogP contribution is 2.69. The third-order valence-corrected chi connectivity index (χ3v) is 6.34. The van der Waals surface area contributed by atoms with E-state index < -0.39 is 5.82 Å². The molecule has 6 rings (SSSR count). The smallest absolute Gasteiger partial charge is 0.287 e. The fourth-order valence-electron chi connectivity index (χ4n) is 4.91. The van der Waals surface area contributed by atoms with Crippen molar-refractivity contribution in [2.45, 2.75) is 31.2 Å². The van der Waals surface area contributed by atoms with E-state index in [1.54, 1.807) is 6.07 Å². The van der Waals surface area contributed by atoms with Crippen LogP contribution in [-0.2, 0) is 4.79 Å². The Kier molecular flexibility index (Phi) is 4.36. The van der Waals surface area contributed by atoms with Crippen molar-refractivity contribution in [2.75, 3.05) is 6.61 Å². The molecular formula is C23H19ClFNO4. The number of hydrogen-bond acceptors (Lipinski definition) is 4. The number of carbonyl (C=O) groups is 2. The maximum Gasteiger partial charge on any atom is 0.287 e. The lowest BCUT2D eigenvalue weighted by Gasteiger charge is -2.70. The van der Waals surface area contributed by atoms with Gasteiger partial charge in [-0.1, -0.05) is 29.8 Å². The van der Waals surface area contributed by atoms with E-state index in [0.29, 0.717) is 17.8 Å². The van der Waals surface area contributed by atoms with Gasteiger partial charge in [-0.25, -0.2) is 4.39 Å². The van der Waals surface area contributed by atoms with Gasteiger partial charge in [0.2, 0.25) is 0 Å². The van der Waals surface area contributed by atoms with Crippen LogP contribution in [0.15, 0.2) is 52.9 Å². The average molecular weight is 428 g/mol. The average Bonchev–Trinajstić information content (AvgIpc) is 3.10.